The second-order valence-electron chi connectivity index (χ2n) is 19.0. The first-order valence-corrected chi connectivity index (χ1v) is 22.0. The van der Waals surface area contributed by atoms with Gasteiger partial charge >= 0.3 is 51.4 Å². The summed E-state index contributed by atoms with van der Waals surface area (Å²) in [6, 6.07) is 68.2. The molecule has 0 fully saturated rings. The summed E-state index contributed by atoms with van der Waals surface area (Å²) in [7, 11) is 1.21. The molecule has 0 unspecified atom stereocenters. The van der Waals surface area contributed by atoms with Crippen LogP contribution in [0, 0.1) is 0 Å². The van der Waals surface area contributed by atoms with Crippen molar-refractivity contribution in [3.8, 4) is 22.3 Å². The van der Waals surface area contributed by atoms with E-state index in [-0.39, 0.29) is 62.2 Å². The Morgan fingerprint density at radius 3 is 1.45 bits per heavy atom. The van der Waals surface area contributed by atoms with E-state index in [4.69, 9.17) is 0 Å². The number of fused-ring (bicyclic) bond motifs is 8. The number of rotatable bonds is 4. The van der Waals surface area contributed by atoms with E-state index in [0.29, 0.717) is 5.41 Å². The average molecular weight is 821 g/mol. The number of hydrogen-bond acceptors (Lipinski definition) is 0. The van der Waals surface area contributed by atoms with Crippen molar-refractivity contribution in [1.29, 1.82) is 0 Å². The molecule has 10 rings (SSSR count). The zero-order chi connectivity index (χ0) is 41.2. The predicted octanol–water partition coefficient (Wildman–Crippen LogP) is 11.7. The molecule has 8 aromatic carbocycles. The van der Waals surface area contributed by atoms with Gasteiger partial charge in [-0.3, -0.25) is 0 Å². The molecule has 2 aliphatic carbocycles. The molecule has 0 amide bonds. The molecule has 0 saturated carbocycles. The first-order valence-electron chi connectivity index (χ1n) is 21.1. The van der Waals surface area contributed by atoms with Crippen LogP contribution in [0.2, 0.25) is 0 Å². The molecule has 0 atom stereocenters. The molecule has 0 bridgehead atoms. The summed E-state index contributed by atoms with van der Waals surface area (Å²) >= 11 is 0. The second-order valence-corrected chi connectivity index (χ2v) is 20.2. The van der Waals surface area contributed by atoms with Crippen LogP contribution in [0.3, 0.4) is 0 Å². The topological polar surface area (TPSA) is 0 Å². The van der Waals surface area contributed by atoms with Gasteiger partial charge in [-0.2, -0.15) is 5.30 Å². The minimum atomic E-state index is -0.478. The standard InChI is InChI=1S/C48H40P.C10H14.K/c1-46(2,3)31-24-26-34(27-25-31)49-44-30-43-45(37-22-13-12-21-36(37)44)39-29-41-38(35-20-14-15-23-40(35)47(41,4)5)28-42(39)48(43,32-16-8-6-9-17-32)33-18-10-7-11-19-33;1-10(2,3)9-7-5-4-6-8-9;/h6-30H,1-5H3;4-8H,1-3H3;/q-1;;+1. The Bertz CT molecular complexity index is 2760. The molecule has 2 heteroatoms. The van der Waals surface area contributed by atoms with Crippen LogP contribution < -0.4 is 62.0 Å². The van der Waals surface area contributed by atoms with E-state index in [1.165, 1.54) is 96.7 Å². The molecule has 292 valence electrons. The molecular formula is C58H54KP. The van der Waals surface area contributed by atoms with Crippen LogP contribution in [-0.2, 0) is 21.7 Å². The maximum absolute atomic E-state index is 2.57. The van der Waals surface area contributed by atoms with Crippen molar-refractivity contribution in [2.75, 3.05) is 0 Å². The van der Waals surface area contributed by atoms with Crippen LogP contribution in [-0.4, -0.2) is 0 Å². The summed E-state index contributed by atoms with van der Waals surface area (Å²) in [6.07, 6.45) is 0. The van der Waals surface area contributed by atoms with Crippen LogP contribution in [0.25, 0.3) is 33.0 Å². The first kappa shape index (κ1) is 42.8. The van der Waals surface area contributed by atoms with E-state index in [1.807, 2.05) is 0 Å². The van der Waals surface area contributed by atoms with Gasteiger partial charge in [0.1, 0.15) is 0 Å². The van der Waals surface area contributed by atoms with E-state index in [1.54, 1.807) is 0 Å². The average Bonchev–Trinajstić information content (AvgIpc) is 3.66. The van der Waals surface area contributed by atoms with Gasteiger partial charge in [-0.05, 0) is 100 Å². The van der Waals surface area contributed by atoms with E-state index >= 15 is 0 Å². The molecule has 60 heavy (non-hydrogen) atoms. The van der Waals surface area contributed by atoms with Gasteiger partial charge in [0.05, 0.1) is 5.41 Å². The molecule has 0 spiro atoms. The van der Waals surface area contributed by atoms with Crippen molar-refractivity contribution in [3.05, 3.63) is 226 Å². The van der Waals surface area contributed by atoms with Gasteiger partial charge in [0.2, 0.25) is 0 Å². The fourth-order valence-corrected chi connectivity index (χ4v) is 10.8. The zero-order valence-corrected chi connectivity index (χ0v) is 40.8. The van der Waals surface area contributed by atoms with Crippen molar-refractivity contribution in [2.24, 2.45) is 0 Å². The summed E-state index contributed by atoms with van der Waals surface area (Å²) in [6.45, 7) is 18.3. The van der Waals surface area contributed by atoms with Crippen LogP contribution in [0.5, 0.6) is 0 Å². The maximum Gasteiger partial charge on any atom is 1.00 e. The normalized spacial score (nSPS) is 14.4. The molecule has 2 aliphatic rings. The van der Waals surface area contributed by atoms with Crippen molar-refractivity contribution in [2.45, 2.75) is 77.0 Å². The molecule has 8 aromatic rings. The molecule has 0 nitrogen and oxygen atoms in total. The molecule has 0 saturated heterocycles. The van der Waals surface area contributed by atoms with Gasteiger partial charge in [0.25, 0.3) is 0 Å². The largest absolute Gasteiger partial charge is 1.00 e. The summed E-state index contributed by atoms with van der Waals surface area (Å²) in [5.74, 6) is 0. The third-order valence-electron chi connectivity index (χ3n) is 12.9. The van der Waals surface area contributed by atoms with Gasteiger partial charge < -0.3 is 8.58 Å². The second kappa shape index (κ2) is 16.4. The summed E-state index contributed by atoms with van der Waals surface area (Å²) < 4.78 is 0. The Morgan fingerprint density at radius 1 is 0.400 bits per heavy atom. The van der Waals surface area contributed by atoms with Gasteiger partial charge in [0.15, 0.2) is 0 Å². The predicted molar refractivity (Wildman–Crippen MR) is 255 cm³/mol. The van der Waals surface area contributed by atoms with Gasteiger partial charge in [-0.1, -0.05) is 225 Å². The van der Waals surface area contributed by atoms with E-state index in [9.17, 15) is 0 Å². The quantitative estimate of drug-likeness (QED) is 0.123. The summed E-state index contributed by atoms with van der Waals surface area (Å²) in [5.41, 5.74) is 16.3. The first-order chi connectivity index (χ1) is 28.3. The van der Waals surface area contributed by atoms with Crippen LogP contribution in [0.1, 0.15) is 99.9 Å². The van der Waals surface area contributed by atoms with Crippen molar-refractivity contribution in [3.63, 3.8) is 0 Å². The Labute approximate surface area is 403 Å². The van der Waals surface area contributed by atoms with Gasteiger partial charge in [-0.25, -0.2) is 5.30 Å². The van der Waals surface area contributed by atoms with E-state index < -0.39 is 5.41 Å². The van der Waals surface area contributed by atoms with E-state index in [2.05, 4.69) is 237 Å². The minimum absolute atomic E-state index is 0. The molecule has 0 heterocycles. The van der Waals surface area contributed by atoms with E-state index in [0.717, 1.165) is 0 Å². The number of hydrogen-bond donors (Lipinski definition) is 0. The molecular weight excluding hydrogens is 767 g/mol. The molecule has 0 aromatic heterocycles. The van der Waals surface area contributed by atoms with Crippen LogP contribution >= 0.6 is 8.58 Å². The Hall–Kier alpha value is -3.91. The van der Waals surface area contributed by atoms with Crippen molar-refractivity contribution >= 4 is 30.0 Å². The summed E-state index contributed by atoms with van der Waals surface area (Å²) in [5, 5.41) is 5.32. The Kier molecular flexibility index (Phi) is 11.7. The van der Waals surface area contributed by atoms with Gasteiger partial charge in [-0.15, -0.1) is 0 Å². The Morgan fingerprint density at radius 2 is 0.883 bits per heavy atom. The Balaban J connectivity index is 0.000000401. The molecule has 0 N–H and O–H groups in total. The third kappa shape index (κ3) is 7.34. The third-order valence-corrected chi connectivity index (χ3v) is 14.0. The monoisotopic (exact) mass is 820 g/mol. The smallest absolute Gasteiger partial charge is 0.472 e. The van der Waals surface area contributed by atoms with Crippen LogP contribution in [0.15, 0.2) is 182 Å². The van der Waals surface area contributed by atoms with Crippen molar-refractivity contribution in [1.82, 2.24) is 0 Å². The fourth-order valence-electron chi connectivity index (χ4n) is 9.72. The van der Waals surface area contributed by atoms with Crippen molar-refractivity contribution < 1.29 is 51.4 Å². The maximum atomic E-state index is 2.57. The van der Waals surface area contributed by atoms with Gasteiger partial charge in [0, 0.05) is 5.41 Å². The number of benzene rings is 8. The van der Waals surface area contributed by atoms with Crippen LogP contribution in [0.4, 0.5) is 0 Å². The fraction of sp³-hybridized carbons (Fsp3) is 0.207. The molecule has 0 radical (unpaired) electrons. The molecule has 0 aliphatic heterocycles. The minimum Gasteiger partial charge on any atom is -0.472 e. The summed E-state index contributed by atoms with van der Waals surface area (Å²) in [4.78, 5) is 0. The SMILES string of the molecule is CC(C)(C)c1ccc([P-]c2cc3c(c4ccccc24)-c2cc4c(cc2C3(c2ccccc2)c2ccccc2)-c2ccccc2C4(C)C)cc1.CC(C)(C)c1ccccc1.[K+]. The zero-order valence-electron chi connectivity index (χ0n) is 36.8.